The molecular weight excluding hydrogens is 410 g/mol. The number of carbonyl (C=O) groups excluding carboxylic acids is 2. The van der Waals surface area contributed by atoms with Gasteiger partial charge in [-0.25, -0.2) is 4.98 Å². The number of anilines is 3. The van der Waals surface area contributed by atoms with Crippen LogP contribution in [-0.2, 0) is 11.2 Å². The van der Waals surface area contributed by atoms with Crippen LogP contribution in [0.5, 0.6) is 0 Å². The van der Waals surface area contributed by atoms with E-state index in [0.717, 1.165) is 46.7 Å². The molecule has 0 unspecified atom stereocenters. The molecule has 0 spiro atoms. The molecule has 1 aliphatic carbocycles. The number of ketones is 1. The number of carbonyl (C=O) groups is 2. The number of amides is 1. The van der Waals surface area contributed by atoms with Crippen molar-refractivity contribution in [1.82, 2.24) is 9.97 Å². The number of Topliss-reactive ketones (excluding diaryl/α,β-unsaturated/α-hetero) is 1. The minimum Gasteiger partial charge on any atom is -0.364 e. The molecule has 31 heavy (non-hydrogen) atoms. The molecule has 0 radical (unpaired) electrons. The van der Waals surface area contributed by atoms with Crippen molar-refractivity contribution in [2.24, 2.45) is 5.73 Å². The summed E-state index contributed by atoms with van der Waals surface area (Å²) in [4.78, 5) is 34.3. The first-order valence-electron chi connectivity index (χ1n) is 10.1. The molecule has 4 N–H and O–H groups in total. The van der Waals surface area contributed by atoms with Gasteiger partial charge >= 0.3 is 0 Å². The molecule has 8 heteroatoms. The largest absolute Gasteiger partial charge is 0.364 e. The Kier molecular flexibility index (Phi) is 4.99. The first kappa shape index (κ1) is 19.4. The molecule has 3 heterocycles. The number of nitrogens with two attached hydrogens (primary N) is 1. The van der Waals surface area contributed by atoms with E-state index in [-0.39, 0.29) is 5.78 Å². The number of aromatic nitrogens is 2. The molecule has 0 atom stereocenters. The van der Waals surface area contributed by atoms with Crippen LogP contribution in [-0.4, -0.2) is 27.5 Å². The van der Waals surface area contributed by atoms with Gasteiger partial charge in [0.25, 0.3) is 5.91 Å². The minimum absolute atomic E-state index is 0.145. The normalized spacial score (nSPS) is 15.5. The van der Waals surface area contributed by atoms with E-state index in [0.29, 0.717) is 23.8 Å². The Morgan fingerprint density at radius 1 is 1.19 bits per heavy atom. The Morgan fingerprint density at radius 2 is 2.03 bits per heavy atom. The van der Waals surface area contributed by atoms with E-state index >= 15 is 0 Å². The molecule has 0 fully saturated rings. The molecule has 1 amide bonds. The summed E-state index contributed by atoms with van der Waals surface area (Å²) in [7, 11) is 0. The summed E-state index contributed by atoms with van der Waals surface area (Å²) in [6.45, 7) is 0. The van der Waals surface area contributed by atoms with Gasteiger partial charge in [0.15, 0.2) is 5.78 Å². The number of nitrogens with zero attached hydrogens (tertiary/aromatic N) is 2. The van der Waals surface area contributed by atoms with Crippen LogP contribution in [0.4, 0.5) is 17.2 Å². The van der Waals surface area contributed by atoms with Crippen molar-refractivity contribution in [2.75, 3.05) is 16.1 Å². The molecule has 2 aliphatic rings. The second-order valence-corrected chi connectivity index (χ2v) is 8.32. The van der Waals surface area contributed by atoms with Crippen LogP contribution >= 0.6 is 11.8 Å². The van der Waals surface area contributed by atoms with Gasteiger partial charge in [-0.05, 0) is 37.1 Å². The smallest absolute Gasteiger partial charge is 0.265 e. The fourth-order valence-corrected chi connectivity index (χ4v) is 4.93. The topological polar surface area (TPSA) is 104 Å². The Morgan fingerprint density at radius 3 is 2.84 bits per heavy atom. The summed E-state index contributed by atoms with van der Waals surface area (Å²) >= 11 is 1.50. The third-order valence-electron chi connectivity index (χ3n) is 5.48. The van der Waals surface area contributed by atoms with Crippen molar-refractivity contribution in [1.29, 1.82) is 0 Å². The highest BCUT2D eigenvalue weighted by atomic mass is 32.2. The molecule has 0 saturated carbocycles. The molecule has 156 valence electrons. The number of benzene rings is 1. The Bertz CT molecular complexity index is 1200. The van der Waals surface area contributed by atoms with E-state index in [4.69, 9.17) is 5.73 Å². The monoisotopic (exact) mass is 431 g/mol. The van der Waals surface area contributed by atoms with Crippen LogP contribution in [0.25, 0.3) is 11.3 Å². The summed E-state index contributed by atoms with van der Waals surface area (Å²) < 4.78 is 0. The van der Waals surface area contributed by atoms with Crippen LogP contribution < -0.4 is 16.0 Å². The number of aromatic amines is 1. The van der Waals surface area contributed by atoms with Crippen LogP contribution in [0.2, 0.25) is 0 Å². The number of aryl methyl sites for hydroxylation is 1. The maximum absolute atomic E-state index is 12.8. The van der Waals surface area contributed by atoms with Crippen molar-refractivity contribution >= 4 is 40.6 Å². The number of hydrogen-bond acceptors (Lipinski definition) is 6. The van der Waals surface area contributed by atoms with E-state index in [1.165, 1.54) is 11.8 Å². The van der Waals surface area contributed by atoms with Crippen LogP contribution in [0, 0.1) is 0 Å². The number of rotatable bonds is 5. The average molecular weight is 432 g/mol. The predicted octanol–water partition coefficient (Wildman–Crippen LogP) is 4.18. The van der Waals surface area contributed by atoms with Gasteiger partial charge in [-0.1, -0.05) is 18.2 Å². The van der Waals surface area contributed by atoms with Crippen molar-refractivity contribution in [3.8, 4) is 11.3 Å². The van der Waals surface area contributed by atoms with Crippen molar-refractivity contribution < 1.29 is 9.59 Å². The number of hydrogen-bond donors (Lipinski definition) is 3. The van der Waals surface area contributed by atoms with E-state index in [1.54, 1.807) is 16.5 Å². The maximum atomic E-state index is 12.8. The first-order chi connectivity index (χ1) is 15.1. The SMILES string of the molecule is NC(=O)C1=CSCN1c1cc(-c2[nH]c3c(c2Nc2ccccc2)C(=O)CCC3)ccn1. The lowest BCUT2D eigenvalue weighted by Crippen LogP contribution is -2.28. The molecule has 3 aromatic rings. The highest BCUT2D eigenvalue weighted by molar-refractivity contribution is 8.02. The van der Waals surface area contributed by atoms with Gasteiger partial charge in [0.1, 0.15) is 11.5 Å². The van der Waals surface area contributed by atoms with Gasteiger partial charge in [-0.2, -0.15) is 0 Å². The van der Waals surface area contributed by atoms with Crippen LogP contribution in [0.15, 0.2) is 59.8 Å². The van der Waals surface area contributed by atoms with Crippen molar-refractivity contribution in [3.05, 3.63) is 71.0 Å². The van der Waals surface area contributed by atoms with E-state index in [1.807, 2.05) is 42.5 Å². The Labute approximate surface area is 183 Å². The Hall–Kier alpha value is -3.52. The highest BCUT2D eigenvalue weighted by Crippen LogP contribution is 2.40. The average Bonchev–Trinajstić information content (AvgIpc) is 3.41. The maximum Gasteiger partial charge on any atom is 0.265 e. The number of H-pyrrole nitrogens is 1. The second kappa shape index (κ2) is 7.96. The van der Waals surface area contributed by atoms with Gasteiger partial charge in [0.2, 0.25) is 0 Å². The fraction of sp³-hybridized carbons (Fsp3) is 0.174. The molecular formula is C23H21N5O2S. The lowest BCUT2D eigenvalue weighted by atomic mass is 9.95. The minimum atomic E-state index is -0.482. The summed E-state index contributed by atoms with van der Waals surface area (Å²) in [5.41, 5.74) is 11.1. The van der Waals surface area contributed by atoms with E-state index in [2.05, 4.69) is 15.3 Å². The lowest BCUT2D eigenvalue weighted by Gasteiger charge is -2.19. The Balaban J connectivity index is 1.60. The fourth-order valence-electron chi connectivity index (χ4n) is 4.03. The molecule has 1 aromatic carbocycles. The second-order valence-electron chi connectivity index (χ2n) is 7.49. The molecule has 7 nitrogen and oxygen atoms in total. The van der Waals surface area contributed by atoms with Gasteiger partial charge in [-0.3, -0.25) is 9.59 Å². The van der Waals surface area contributed by atoms with Gasteiger partial charge in [0, 0.05) is 35.0 Å². The van der Waals surface area contributed by atoms with Crippen molar-refractivity contribution in [3.63, 3.8) is 0 Å². The standard InChI is InChI=1S/C23H21N5O2S/c24-23(30)17-12-31-13-28(17)19-11-14(9-10-25-19)21-22(26-15-5-2-1-3-6-15)20-16(27-21)7-4-8-18(20)29/h1-3,5-6,9-12,26-27H,4,7-8,13H2,(H2,24,30). The number of nitrogens with one attached hydrogen (secondary N) is 2. The van der Waals surface area contributed by atoms with Crippen LogP contribution in [0.1, 0.15) is 28.9 Å². The molecule has 2 aromatic heterocycles. The number of pyridine rings is 1. The summed E-state index contributed by atoms with van der Waals surface area (Å²) in [5.74, 6) is 0.872. The van der Waals surface area contributed by atoms with E-state index in [9.17, 15) is 9.59 Å². The zero-order chi connectivity index (χ0) is 21.4. The van der Waals surface area contributed by atoms with Gasteiger partial charge in [0.05, 0.1) is 22.8 Å². The van der Waals surface area contributed by atoms with E-state index < -0.39 is 5.91 Å². The number of thioether (sulfide) groups is 1. The first-order valence-corrected chi connectivity index (χ1v) is 11.1. The zero-order valence-corrected chi connectivity index (χ0v) is 17.5. The van der Waals surface area contributed by atoms with Gasteiger partial charge < -0.3 is 20.9 Å². The quantitative estimate of drug-likeness (QED) is 0.560. The van der Waals surface area contributed by atoms with Crippen molar-refractivity contribution in [2.45, 2.75) is 19.3 Å². The molecule has 0 bridgehead atoms. The third kappa shape index (κ3) is 3.59. The zero-order valence-electron chi connectivity index (χ0n) is 16.7. The van der Waals surface area contributed by atoms with Crippen LogP contribution in [0.3, 0.4) is 0 Å². The highest BCUT2D eigenvalue weighted by Gasteiger charge is 2.28. The number of primary amides is 1. The number of fused-ring (bicyclic) bond motifs is 1. The number of para-hydroxylation sites is 1. The summed E-state index contributed by atoms with van der Waals surface area (Å²) in [6, 6.07) is 13.6. The summed E-state index contributed by atoms with van der Waals surface area (Å²) in [6.07, 6.45) is 3.93. The summed E-state index contributed by atoms with van der Waals surface area (Å²) in [5, 5.41) is 5.20. The predicted molar refractivity (Wildman–Crippen MR) is 123 cm³/mol. The van der Waals surface area contributed by atoms with Gasteiger partial charge in [-0.15, -0.1) is 11.8 Å². The third-order valence-corrected chi connectivity index (χ3v) is 6.28. The lowest BCUT2D eigenvalue weighted by molar-refractivity contribution is -0.114. The molecule has 0 saturated heterocycles. The molecule has 1 aliphatic heterocycles. The molecule has 5 rings (SSSR count).